The van der Waals surface area contributed by atoms with E-state index in [9.17, 15) is 10.1 Å². The molecule has 1 heterocycles. The van der Waals surface area contributed by atoms with E-state index in [2.05, 4.69) is 41.0 Å². The third-order valence-corrected chi connectivity index (χ3v) is 4.75. The zero-order valence-electron chi connectivity index (χ0n) is 14.0. The highest BCUT2D eigenvalue weighted by atomic mass is 16.6. The van der Waals surface area contributed by atoms with E-state index in [4.69, 9.17) is 0 Å². The molecule has 1 aliphatic rings. The first kappa shape index (κ1) is 16.6. The third kappa shape index (κ3) is 3.63. The van der Waals surface area contributed by atoms with E-state index < -0.39 is 0 Å². The quantitative estimate of drug-likeness (QED) is 0.625. The van der Waals surface area contributed by atoms with Gasteiger partial charge < -0.3 is 4.90 Å². The van der Waals surface area contributed by atoms with Crippen molar-refractivity contribution in [2.45, 2.75) is 13.0 Å². The minimum Gasteiger partial charge on any atom is -0.301 e. The average molecular weight is 325 g/mol. The molecule has 0 bridgehead atoms. The molecule has 0 aromatic heterocycles. The minimum atomic E-state index is -0.346. The van der Waals surface area contributed by atoms with Crippen molar-refractivity contribution in [2.75, 3.05) is 32.7 Å². The second kappa shape index (κ2) is 7.55. The predicted octanol–water partition coefficient (Wildman–Crippen LogP) is 3.32. The molecule has 1 unspecified atom stereocenters. The molecular weight excluding hydrogens is 302 g/mol. The molecule has 24 heavy (non-hydrogen) atoms. The molecule has 0 N–H and O–H groups in total. The van der Waals surface area contributed by atoms with Crippen LogP contribution in [0, 0.1) is 10.1 Å². The first-order chi connectivity index (χ1) is 11.7. The van der Waals surface area contributed by atoms with Crippen LogP contribution in [0.15, 0.2) is 54.6 Å². The van der Waals surface area contributed by atoms with Gasteiger partial charge in [0.05, 0.1) is 11.0 Å². The first-order valence-electron chi connectivity index (χ1n) is 8.44. The van der Waals surface area contributed by atoms with E-state index in [0.717, 1.165) is 38.3 Å². The molecule has 126 valence electrons. The van der Waals surface area contributed by atoms with Crippen LogP contribution in [-0.4, -0.2) is 47.4 Å². The fraction of sp³-hybridized carbons (Fsp3) is 0.368. The summed E-state index contributed by atoms with van der Waals surface area (Å²) in [4.78, 5) is 15.5. The van der Waals surface area contributed by atoms with Crippen LogP contribution in [0.4, 0.5) is 5.69 Å². The Morgan fingerprint density at radius 3 is 2.08 bits per heavy atom. The molecule has 0 amide bonds. The largest absolute Gasteiger partial charge is 0.301 e. The SMILES string of the molecule is CCN1CCN(C(c2ccccc2)c2ccc([N+](=O)[O-])cc2)CC1. The lowest BCUT2D eigenvalue weighted by molar-refractivity contribution is -0.384. The van der Waals surface area contributed by atoms with Gasteiger partial charge in [-0.2, -0.15) is 0 Å². The highest BCUT2D eigenvalue weighted by Gasteiger charge is 2.26. The summed E-state index contributed by atoms with van der Waals surface area (Å²) in [5.41, 5.74) is 2.48. The van der Waals surface area contributed by atoms with E-state index in [1.165, 1.54) is 5.56 Å². The summed E-state index contributed by atoms with van der Waals surface area (Å²) in [6, 6.07) is 17.5. The fourth-order valence-electron chi connectivity index (χ4n) is 3.37. The van der Waals surface area contributed by atoms with Crippen LogP contribution in [-0.2, 0) is 0 Å². The summed E-state index contributed by atoms with van der Waals surface area (Å²) < 4.78 is 0. The Hall–Kier alpha value is -2.24. The Bertz CT molecular complexity index is 665. The van der Waals surface area contributed by atoms with Crippen LogP contribution in [0.2, 0.25) is 0 Å². The number of benzene rings is 2. The van der Waals surface area contributed by atoms with Gasteiger partial charge in [0.15, 0.2) is 0 Å². The number of hydrogen-bond donors (Lipinski definition) is 0. The van der Waals surface area contributed by atoms with Crippen LogP contribution in [0.5, 0.6) is 0 Å². The van der Waals surface area contributed by atoms with Crippen LogP contribution >= 0.6 is 0 Å². The molecular formula is C19H23N3O2. The summed E-state index contributed by atoms with van der Waals surface area (Å²) in [5.74, 6) is 0. The molecule has 5 heteroatoms. The molecule has 0 spiro atoms. The topological polar surface area (TPSA) is 49.6 Å². The monoisotopic (exact) mass is 325 g/mol. The van der Waals surface area contributed by atoms with Gasteiger partial charge in [-0.1, -0.05) is 49.4 Å². The molecule has 3 rings (SSSR count). The zero-order valence-corrected chi connectivity index (χ0v) is 14.0. The van der Waals surface area contributed by atoms with Crippen molar-refractivity contribution in [1.29, 1.82) is 0 Å². The van der Waals surface area contributed by atoms with Gasteiger partial charge in [-0.15, -0.1) is 0 Å². The predicted molar refractivity (Wildman–Crippen MR) is 95.1 cm³/mol. The molecule has 0 aliphatic carbocycles. The van der Waals surface area contributed by atoms with Gasteiger partial charge in [0, 0.05) is 38.3 Å². The molecule has 2 aromatic carbocycles. The molecule has 1 atom stereocenters. The lowest BCUT2D eigenvalue weighted by atomic mass is 9.96. The van der Waals surface area contributed by atoms with Crippen molar-refractivity contribution >= 4 is 5.69 Å². The summed E-state index contributed by atoms with van der Waals surface area (Å²) in [6.07, 6.45) is 0. The number of nitro benzene ring substituents is 1. The number of non-ortho nitro benzene ring substituents is 1. The molecule has 0 saturated carbocycles. The Morgan fingerprint density at radius 1 is 0.958 bits per heavy atom. The molecule has 1 saturated heterocycles. The summed E-state index contributed by atoms with van der Waals surface area (Å²) in [5, 5.41) is 10.9. The normalized spacial score (nSPS) is 17.5. The van der Waals surface area contributed by atoms with E-state index in [1.54, 1.807) is 12.1 Å². The minimum absolute atomic E-state index is 0.140. The van der Waals surface area contributed by atoms with E-state index in [-0.39, 0.29) is 16.7 Å². The number of nitro groups is 1. The van der Waals surface area contributed by atoms with Gasteiger partial charge in [0.2, 0.25) is 0 Å². The number of rotatable bonds is 5. The van der Waals surface area contributed by atoms with Gasteiger partial charge in [-0.3, -0.25) is 15.0 Å². The molecule has 5 nitrogen and oxygen atoms in total. The van der Waals surface area contributed by atoms with Crippen molar-refractivity contribution in [1.82, 2.24) is 9.80 Å². The molecule has 0 radical (unpaired) electrons. The highest BCUT2D eigenvalue weighted by Crippen LogP contribution is 2.30. The van der Waals surface area contributed by atoms with Crippen molar-refractivity contribution < 1.29 is 4.92 Å². The average Bonchev–Trinajstić information content (AvgIpc) is 2.64. The smallest absolute Gasteiger partial charge is 0.269 e. The second-order valence-corrected chi connectivity index (χ2v) is 6.13. The number of piperazine rings is 1. The van der Waals surface area contributed by atoms with Gasteiger partial charge in [-0.25, -0.2) is 0 Å². The van der Waals surface area contributed by atoms with Crippen molar-refractivity contribution in [2.24, 2.45) is 0 Å². The number of nitrogens with zero attached hydrogens (tertiary/aromatic N) is 3. The summed E-state index contributed by atoms with van der Waals surface area (Å²) in [7, 11) is 0. The van der Waals surface area contributed by atoms with E-state index >= 15 is 0 Å². The molecule has 2 aromatic rings. The molecule has 1 fully saturated rings. The fourth-order valence-corrected chi connectivity index (χ4v) is 3.37. The number of hydrogen-bond acceptors (Lipinski definition) is 4. The standard InChI is InChI=1S/C19H23N3O2/c1-2-20-12-14-21(15-13-20)19(16-6-4-3-5-7-16)17-8-10-18(11-9-17)22(23)24/h3-11,19H,2,12-15H2,1H3. The second-order valence-electron chi connectivity index (χ2n) is 6.13. The third-order valence-electron chi connectivity index (χ3n) is 4.75. The van der Waals surface area contributed by atoms with Gasteiger partial charge >= 0.3 is 0 Å². The van der Waals surface area contributed by atoms with Crippen LogP contribution in [0.3, 0.4) is 0 Å². The summed E-state index contributed by atoms with van der Waals surface area (Å²) >= 11 is 0. The maximum Gasteiger partial charge on any atom is 0.269 e. The van der Waals surface area contributed by atoms with E-state index in [0.29, 0.717) is 0 Å². The lowest BCUT2D eigenvalue weighted by Gasteiger charge is -2.39. The van der Waals surface area contributed by atoms with Crippen molar-refractivity contribution in [3.8, 4) is 0 Å². The highest BCUT2D eigenvalue weighted by molar-refractivity contribution is 5.38. The number of likely N-dealkylation sites (N-methyl/N-ethyl adjacent to an activating group) is 1. The Labute approximate surface area is 142 Å². The summed E-state index contributed by atoms with van der Waals surface area (Å²) in [6.45, 7) is 7.41. The lowest BCUT2D eigenvalue weighted by Crippen LogP contribution is -2.47. The van der Waals surface area contributed by atoms with Crippen molar-refractivity contribution in [3.05, 3.63) is 75.8 Å². The zero-order chi connectivity index (χ0) is 16.9. The van der Waals surface area contributed by atoms with Crippen molar-refractivity contribution in [3.63, 3.8) is 0 Å². The first-order valence-corrected chi connectivity index (χ1v) is 8.44. The van der Waals surface area contributed by atoms with E-state index in [1.807, 2.05) is 18.2 Å². The Kier molecular flexibility index (Phi) is 5.23. The van der Waals surface area contributed by atoms with Gasteiger partial charge in [-0.05, 0) is 17.7 Å². The van der Waals surface area contributed by atoms with Gasteiger partial charge in [0.25, 0.3) is 5.69 Å². The molecule has 1 aliphatic heterocycles. The maximum absolute atomic E-state index is 10.9. The van der Waals surface area contributed by atoms with Gasteiger partial charge in [0.1, 0.15) is 0 Å². The van der Waals surface area contributed by atoms with Crippen LogP contribution < -0.4 is 0 Å². The van der Waals surface area contributed by atoms with Crippen LogP contribution in [0.1, 0.15) is 24.1 Å². The Morgan fingerprint density at radius 2 is 1.54 bits per heavy atom. The van der Waals surface area contributed by atoms with Crippen LogP contribution in [0.25, 0.3) is 0 Å². The Balaban J connectivity index is 1.89. The maximum atomic E-state index is 10.9.